The van der Waals surface area contributed by atoms with Crippen LogP contribution in [0.4, 0.5) is 5.69 Å². The second-order valence-corrected chi connectivity index (χ2v) is 2.70. The summed E-state index contributed by atoms with van der Waals surface area (Å²) in [6.07, 6.45) is 0. The van der Waals surface area contributed by atoms with Crippen LogP contribution in [0.3, 0.4) is 0 Å². The van der Waals surface area contributed by atoms with Crippen LogP contribution in [0.5, 0.6) is 5.75 Å². The Bertz CT molecular complexity index is 338. The third-order valence-corrected chi connectivity index (χ3v) is 1.84. The quantitative estimate of drug-likeness (QED) is 0.542. The summed E-state index contributed by atoms with van der Waals surface area (Å²) in [5, 5.41) is 19.6. The highest BCUT2D eigenvalue weighted by Crippen LogP contribution is 2.33. The fourth-order valence-electron chi connectivity index (χ4n) is 0.881. The lowest BCUT2D eigenvalue weighted by Crippen LogP contribution is -1.92. The molecule has 0 saturated carbocycles. The van der Waals surface area contributed by atoms with Crippen LogP contribution in [-0.4, -0.2) is 10.0 Å². The first kappa shape index (κ1) is 8.80. The Morgan fingerprint density at radius 3 is 2.58 bits per heavy atom. The molecular weight excluding hydrogens is 182 g/mol. The second kappa shape index (κ2) is 2.98. The van der Waals surface area contributed by atoms with Crippen molar-refractivity contribution >= 4 is 17.3 Å². The van der Waals surface area contributed by atoms with Gasteiger partial charge in [0, 0.05) is 0 Å². The third kappa shape index (κ3) is 1.33. The number of phenolic OH excluding ortho intramolecular Hbond substituents is 1. The Morgan fingerprint density at radius 2 is 2.17 bits per heavy atom. The molecule has 1 aromatic carbocycles. The Balaban J connectivity index is 3.43. The normalized spacial score (nSPS) is 9.83. The monoisotopic (exact) mass is 187 g/mol. The van der Waals surface area contributed by atoms with Gasteiger partial charge >= 0.3 is 0 Å². The van der Waals surface area contributed by atoms with Gasteiger partial charge in [-0.1, -0.05) is 11.6 Å². The van der Waals surface area contributed by atoms with Crippen molar-refractivity contribution in [3.05, 3.63) is 32.8 Å². The Labute approximate surface area is 73.5 Å². The molecule has 1 N–H and O–H groups in total. The van der Waals surface area contributed by atoms with Gasteiger partial charge in [-0.3, -0.25) is 10.1 Å². The standard InChI is InChI=1S/C7H6ClNO3/c1-4-6(10)3-2-5(8)7(4)9(11)12/h2-3,10H,1H3. The molecule has 0 atom stereocenters. The highest BCUT2D eigenvalue weighted by molar-refractivity contribution is 6.32. The summed E-state index contributed by atoms with van der Waals surface area (Å²) in [6, 6.07) is 2.62. The van der Waals surface area contributed by atoms with E-state index >= 15 is 0 Å². The highest BCUT2D eigenvalue weighted by atomic mass is 35.5. The number of hydrogen-bond acceptors (Lipinski definition) is 3. The van der Waals surface area contributed by atoms with Crippen molar-refractivity contribution in [2.75, 3.05) is 0 Å². The molecule has 0 aromatic heterocycles. The van der Waals surface area contributed by atoms with Crippen molar-refractivity contribution in [2.24, 2.45) is 0 Å². The van der Waals surface area contributed by atoms with Crippen LogP contribution in [0.25, 0.3) is 0 Å². The topological polar surface area (TPSA) is 63.4 Å². The molecule has 5 heteroatoms. The lowest BCUT2D eigenvalue weighted by molar-refractivity contribution is -0.385. The molecule has 4 nitrogen and oxygen atoms in total. The van der Waals surface area contributed by atoms with Gasteiger partial charge in [0.1, 0.15) is 10.8 Å². The molecule has 1 rings (SSSR count). The van der Waals surface area contributed by atoms with Crippen LogP contribution in [0.2, 0.25) is 5.02 Å². The van der Waals surface area contributed by atoms with E-state index in [-0.39, 0.29) is 22.0 Å². The summed E-state index contributed by atoms with van der Waals surface area (Å²) in [5.41, 5.74) is -0.0517. The number of nitrogens with zero attached hydrogens (tertiary/aromatic N) is 1. The molecule has 0 spiro atoms. The lowest BCUT2D eigenvalue weighted by Gasteiger charge is -2.00. The van der Waals surface area contributed by atoms with Crippen molar-refractivity contribution in [1.29, 1.82) is 0 Å². The van der Waals surface area contributed by atoms with Gasteiger partial charge < -0.3 is 5.11 Å². The smallest absolute Gasteiger partial charge is 0.294 e. The average molecular weight is 188 g/mol. The fraction of sp³-hybridized carbons (Fsp3) is 0.143. The second-order valence-electron chi connectivity index (χ2n) is 2.30. The van der Waals surface area contributed by atoms with E-state index in [9.17, 15) is 10.1 Å². The number of rotatable bonds is 1. The van der Waals surface area contributed by atoms with Gasteiger partial charge in [-0.25, -0.2) is 0 Å². The third-order valence-electron chi connectivity index (χ3n) is 1.54. The number of nitro benzene ring substituents is 1. The highest BCUT2D eigenvalue weighted by Gasteiger charge is 2.18. The van der Waals surface area contributed by atoms with Crippen LogP contribution in [-0.2, 0) is 0 Å². The zero-order valence-electron chi connectivity index (χ0n) is 6.24. The van der Waals surface area contributed by atoms with Crippen molar-refractivity contribution < 1.29 is 10.0 Å². The molecule has 0 aliphatic heterocycles. The molecule has 0 amide bonds. The summed E-state index contributed by atoms with van der Waals surface area (Å²) in [5.74, 6) is -0.119. The van der Waals surface area contributed by atoms with Crippen LogP contribution < -0.4 is 0 Å². The lowest BCUT2D eigenvalue weighted by atomic mass is 10.2. The molecule has 0 heterocycles. The maximum Gasteiger partial charge on any atom is 0.294 e. The number of benzene rings is 1. The number of hydrogen-bond donors (Lipinski definition) is 1. The minimum Gasteiger partial charge on any atom is -0.507 e. The van der Waals surface area contributed by atoms with Gasteiger partial charge in [0.25, 0.3) is 5.69 Å². The van der Waals surface area contributed by atoms with Crippen molar-refractivity contribution in [3.8, 4) is 5.75 Å². The maximum atomic E-state index is 10.4. The van der Waals surface area contributed by atoms with Crippen molar-refractivity contribution in [1.82, 2.24) is 0 Å². The fourth-order valence-corrected chi connectivity index (χ4v) is 1.15. The molecule has 64 valence electrons. The van der Waals surface area contributed by atoms with Crippen molar-refractivity contribution in [2.45, 2.75) is 6.92 Å². The van der Waals surface area contributed by atoms with E-state index in [2.05, 4.69) is 0 Å². The van der Waals surface area contributed by atoms with Gasteiger partial charge in [-0.15, -0.1) is 0 Å². The average Bonchev–Trinajstić information content (AvgIpc) is 1.97. The van der Waals surface area contributed by atoms with E-state index in [1.807, 2.05) is 0 Å². The summed E-state index contributed by atoms with van der Waals surface area (Å²) in [7, 11) is 0. The van der Waals surface area contributed by atoms with E-state index in [1.54, 1.807) is 0 Å². The van der Waals surface area contributed by atoms with E-state index in [4.69, 9.17) is 16.7 Å². The molecule has 0 aliphatic carbocycles. The largest absolute Gasteiger partial charge is 0.507 e. The zero-order chi connectivity index (χ0) is 9.30. The number of aromatic hydroxyl groups is 1. The van der Waals surface area contributed by atoms with E-state index < -0.39 is 4.92 Å². The molecule has 0 aliphatic rings. The zero-order valence-corrected chi connectivity index (χ0v) is 7.00. The number of phenols is 1. The first-order chi connectivity index (χ1) is 5.54. The van der Waals surface area contributed by atoms with Gasteiger partial charge in [-0.05, 0) is 19.1 Å². The Morgan fingerprint density at radius 1 is 1.58 bits per heavy atom. The minimum atomic E-state index is -0.614. The van der Waals surface area contributed by atoms with E-state index in [0.717, 1.165) is 0 Å². The van der Waals surface area contributed by atoms with Crippen LogP contribution >= 0.6 is 11.6 Å². The summed E-state index contributed by atoms with van der Waals surface area (Å²) < 4.78 is 0. The van der Waals surface area contributed by atoms with Gasteiger partial charge in [0.2, 0.25) is 0 Å². The van der Waals surface area contributed by atoms with Crippen molar-refractivity contribution in [3.63, 3.8) is 0 Å². The van der Waals surface area contributed by atoms with Crippen LogP contribution in [0.15, 0.2) is 12.1 Å². The molecule has 0 radical (unpaired) electrons. The number of nitro groups is 1. The maximum absolute atomic E-state index is 10.4. The van der Waals surface area contributed by atoms with Crippen LogP contribution in [0, 0.1) is 17.0 Å². The molecule has 0 bridgehead atoms. The summed E-state index contributed by atoms with van der Waals surface area (Å²) in [6.45, 7) is 1.44. The van der Waals surface area contributed by atoms with E-state index in [1.165, 1.54) is 19.1 Å². The predicted molar refractivity (Wildman–Crippen MR) is 44.5 cm³/mol. The first-order valence-corrected chi connectivity index (χ1v) is 3.54. The van der Waals surface area contributed by atoms with Gasteiger partial charge in [-0.2, -0.15) is 0 Å². The first-order valence-electron chi connectivity index (χ1n) is 3.16. The predicted octanol–water partition coefficient (Wildman–Crippen LogP) is 2.26. The Hall–Kier alpha value is -1.29. The molecule has 12 heavy (non-hydrogen) atoms. The molecular formula is C7H6ClNO3. The van der Waals surface area contributed by atoms with Gasteiger partial charge in [0.05, 0.1) is 10.5 Å². The molecule has 0 saturated heterocycles. The molecule has 1 aromatic rings. The van der Waals surface area contributed by atoms with Crippen LogP contribution in [0.1, 0.15) is 5.56 Å². The SMILES string of the molecule is Cc1c(O)ccc(Cl)c1[N+](=O)[O-]. The molecule has 0 unspecified atom stereocenters. The molecule has 0 fully saturated rings. The van der Waals surface area contributed by atoms with E-state index in [0.29, 0.717) is 0 Å². The summed E-state index contributed by atoms with van der Waals surface area (Å²) >= 11 is 5.54. The number of halogens is 1. The Kier molecular flexibility index (Phi) is 2.19. The summed E-state index contributed by atoms with van der Waals surface area (Å²) in [4.78, 5) is 9.79. The van der Waals surface area contributed by atoms with Gasteiger partial charge in [0.15, 0.2) is 0 Å². The minimum absolute atomic E-state index is 0.0373.